The number of hydrogen-bond acceptors (Lipinski definition) is 3. The number of benzene rings is 1. The van der Waals surface area contributed by atoms with Gasteiger partial charge in [0, 0.05) is 35.8 Å². The molecule has 0 aromatic heterocycles. The molecule has 122 valence electrons. The van der Waals surface area contributed by atoms with Crippen molar-refractivity contribution < 1.29 is 9.53 Å². The smallest absolute Gasteiger partial charge is 0.410 e. The molecule has 1 heterocycles. The van der Waals surface area contributed by atoms with Gasteiger partial charge in [0.1, 0.15) is 5.60 Å². The van der Waals surface area contributed by atoms with E-state index in [1.54, 1.807) is 4.90 Å². The molecule has 1 atom stereocenters. The highest BCUT2D eigenvalue weighted by Crippen LogP contribution is 2.26. The third kappa shape index (κ3) is 4.15. The zero-order chi connectivity index (χ0) is 16.5. The first-order chi connectivity index (χ1) is 10.2. The molecule has 0 unspecified atom stereocenters. The van der Waals surface area contributed by atoms with Crippen molar-refractivity contribution in [3.8, 4) is 0 Å². The number of halogens is 1. The molecule has 0 spiro atoms. The van der Waals surface area contributed by atoms with E-state index >= 15 is 0 Å². The minimum atomic E-state index is -0.444. The Balaban J connectivity index is 2.03. The molecule has 1 fully saturated rings. The van der Waals surface area contributed by atoms with E-state index in [2.05, 4.69) is 52.9 Å². The van der Waals surface area contributed by atoms with Gasteiger partial charge < -0.3 is 14.5 Å². The molecule has 1 amide bonds. The van der Waals surface area contributed by atoms with Crippen LogP contribution in [0.2, 0.25) is 0 Å². The number of amides is 1. The highest BCUT2D eigenvalue weighted by atomic mass is 79.9. The number of carbonyl (C=O) groups excluding carboxylic acids is 1. The lowest BCUT2D eigenvalue weighted by atomic mass is 10.1. The van der Waals surface area contributed by atoms with E-state index in [0.717, 1.165) is 11.0 Å². The predicted molar refractivity (Wildman–Crippen MR) is 93.5 cm³/mol. The average molecular weight is 369 g/mol. The van der Waals surface area contributed by atoms with Gasteiger partial charge in [-0.05, 0) is 58.4 Å². The van der Waals surface area contributed by atoms with E-state index in [4.69, 9.17) is 4.74 Å². The van der Waals surface area contributed by atoms with Crippen molar-refractivity contribution in [1.82, 2.24) is 4.90 Å². The fourth-order valence-corrected chi connectivity index (χ4v) is 2.89. The Morgan fingerprint density at radius 3 is 2.55 bits per heavy atom. The SMILES string of the molecule is Cc1cc(N2CCN(C(=O)OC(C)(C)C)C[C@@H]2C)ccc1Br. The zero-order valence-corrected chi connectivity index (χ0v) is 15.6. The number of anilines is 1. The quantitative estimate of drug-likeness (QED) is 0.744. The Bertz CT molecular complexity index is 554. The number of aryl methyl sites for hydroxylation is 1. The van der Waals surface area contributed by atoms with Gasteiger partial charge in [-0.1, -0.05) is 15.9 Å². The van der Waals surface area contributed by atoms with E-state index in [0.29, 0.717) is 13.1 Å². The Labute approximate surface area is 141 Å². The largest absolute Gasteiger partial charge is 0.444 e. The molecule has 0 N–H and O–H groups in total. The average Bonchev–Trinajstić information content (AvgIpc) is 2.40. The highest BCUT2D eigenvalue weighted by molar-refractivity contribution is 9.10. The molecule has 0 aliphatic carbocycles. The normalized spacial score (nSPS) is 19.3. The second-order valence-corrected chi connectivity index (χ2v) is 7.76. The summed E-state index contributed by atoms with van der Waals surface area (Å²) < 4.78 is 6.59. The molecule has 1 aliphatic rings. The Morgan fingerprint density at radius 2 is 2.00 bits per heavy atom. The molecule has 22 heavy (non-hydrogen) atoms. The van der Waals surface area contributed by atoms with Crippen molar-refractivity contribution >= 4 is 27.7 Å². The van der Waals surface area contributed by atoms with Crippen molar-refractivity contribution in [2.24, 2.45) is 0 Å². The fraction of sp³-hybridized carbons (Fsp3) is 0.588. The summed E-state index contributed by atoms with van der Waals surface area (Å²) in [5, 5.41) is 0. The van der Waals surface area contributed by atoms with Crippen LogP contribution >= 0.6 is 15.9 Å². The predicted octanol–water partition coefficient (Wildman–Crippen LogP) is 4.20. The summed E-state index contributed by atoms with van der Waals surface area (Å²) >= 11 is 3.54. The molecular weight excluding hydrogens is 344 g/mol. The summed E-state index contributed by atoms with van der Waals surface area (Å²) in [6, 6.07) is 6.65. The van der Waals surface area contributed by atoms with Crippen LogP contribution < -0.4 is 4.90 Å². The summed E-state index contributed by atoms with van der Waals surface area (Å²) in [6.07, 6.45) is -0.217. The van der Waals surface area contributed by atoms with Gasteiger partial charge in [-0.2, -0.15) is 0 Å². The van der Waals surface area contributed by atoms with E-state index in [9.17, 15) is 4.79 Å². The third-order valence-corrected chi connectivity index (χ3v) is 4.64. The number of piperazine rings is 1. The monoisotopic (exact) mass is 368 g/mol. The number of ether oxygens (including phenoxy) is 1. The van der Waals surface area contributed by atoms with E-state index < -0.39 is 5.60 Å². The van der Waals surface area contributed by atoms with Crippen molar-refractivity contribution in [3.63, 3.8) is 0 Å². The third-order valence-electron chi connectivity index (χ3n) is 3.75. The van der Waals surface area contributed by atoms with Crippen LogP contribution in [0.1, 0.15) is 33.3 Å². The Kier molecular flexibility index (Phi) is 5.05. The van der Waals surface area contributed by atoms with Crippen molar-refractivity contribution in [1.29, 1.82) is 0 Å². The topological polar surface area (TPSA) is 32.8 Å². The molecule has 4 nitrogen and oxygen atoms in total. The Morgan fingerprint density at radius 1 is 1.32 bits per heavy atom. The molecule has 1 aromatic rings. The maximum absolute atomic E-state index is 12.2. The zero-order valence-electron chi connectivity index (χ0n) is 14.0. The summed E-state index contributed by atoms with van der Waals surface area (Å²) in [6.45, 7) is 12.1. The van der Waals surface area contributed by atoms with E-state index in [1.165, 1.54) is 11.3 Å². The molecule has 1 aliphatic heterocycles. The fourth-order valence-electron chi connectivity index (χ4n) is 2.64. The van der Waals surface area contributed by atoms with Gasteiger partial charge in [-0.25, -0.2) is 4.79 Å². The molecule has 1 saturated heterocycles. The lowest BCUT2D eigenvalue weighted by Crippen LogP contribution is -2.54. The van der Waals surface area contributed by atoms with Gasteiger partial charge in [0.25, 0.3) is 0 Å². The second-order valence-electron chi connectivity index (χ2n) is 6.90. The highest BCUT2D eigenvalue weighted by Gasteiger charge is 2.29. The summed E-state index contributed by atoms with van der Waals surface area (Å²) in [7, 11) is 0. The van der Waals surface area contributed by atoms with Crippen LogP contribution in [-0.4, -0.2) is 42.3 Å². The minimum absolute atomic E-state index is 0.217. The van der Waals surface area contributed by atoms with Gasteiger partial charge in [0.15, 0.2) is 0 Å². The van der Waals surface area contributed by atoms with Gasteiger partial charge >= 0.3 is 6.09 Å². The number of carbonyl (C=O) groups is 1. The minimum Gasteiger partial charge on any atom is -0.444 e. The first-order valence-corrected chi connectivity index (χ1v) is 8.47. The molecular formula is C17H25BrN2O2. The van der Waals surface area contributed by atoms with Crippen LogP contribution in [0.4, 0.5) is 10.5 Å². The van der Waals surface area contributed by atoms with Crippen molar-refractivity contribution in [2.45, 2.75) is 46.3 Å². The molecule has 0 saturated carbocycles. The number of rotatable bonds is 1. The van der Waals surface area contributed by atoms with Crippen LogP contribution in [0, 0.1) is 6.92 Å². The first kappa shape index (κ1) is 17.1. The summed E-state index contributed by atoms with van der Waals surface area (Å²) in [4.78, 5) is 16.3. The number of nitrogens with zero attached hydrogens (tertiary/aromatic N) is 2. The lowest BCUT2D eigenvalue weighted by molar-refractivity contribution is 0.0219. The van der Waals surface area contributed by atoms with Crippen molar-refractivity contribution in [3.05, 3.63) is 28.2 Å². The lowest BCUT2D eigenvalue weighted by Gasteiger charge is -2.41. The first-order valence-electron chi connectivity index (χ1n) is 7.68. The van der Waals surface area contributed by atoms with Crippen LogP contribution in [0.5, 0.6) is 0 Å². The molecule has 2 rings (SSSR count). The Hall–Kier alpha value is -1.23. The molecule has 5 heteroatoms. The maximum atomic E-state index is 12.2. The van der Waals surface area contributed by atoms with Crippen LogP contribution in [0.3, 0.4) is 0 Å². The van der Waals surface area contributed by atoms with Gasteiger partial charge in [-0.15, -0.1) is 0 Å². The summed E-state index contributed by atoms with van der Waals surface area (Å²) in [5.41, 5.74) is 1.98. The van der Waals surface area contributed by atoms with Crippen LogP contribution in [0.25, 0.3) is 0 Å². The van der Waals surface area contributed by atoms with E-state index in [-0.39, 0.29) is 12.1 Å². The number of hydrogen-bond donors (Lipinski definition) is 0. The van der Waals surface area contributed by atoms with Crippen molar-refractivity contribution in [2.75, 3.05) is 24.5 Å². The summed E-state index contributed by atoms with van der Waals surface area (Å²) in [5.74, 6) is 0. The maximum Gasteiger partial charge on any atom is 0.410 e. The van der Waals surface area contributed by atoms with Crippen LogP contribution in [-0.2, 0) is 4.74 Å². The second kappa shape index (κ2) is 6.49. The van der Waals surface area contributed by atoms with Gasteiger partial charge in [0.05, 0.1) is 0 Å². The molecule has 1 aromatic carbocycles. The van der Waals surface area contributed by atoms with Crippen LogP contribution in [0.15, 0.2) is 22.7 Å². The van der Waals surface area contributed by atoms with Gasteiger partial charge in [0.2, 0.25) is 0 Å². The standard InChI is InChI=1S/C17H25BrN2O2/c1-12-10-14(6-7-15(12)18)20-9-8-19(11-13(20)2)16(21)22-17(3,4)5/h6-7,10,13H,8-9,11H2,1-5H3/t13-/m0/s1. The molecule has 0 radical (unpaired) electrons. The molecule has 0 bridgehead atoms. The van der Waals surface area contributed by atoms with E-state index in [1.807, 2.05) is 20.8 Å². The van der Waals surface area contributed by atoms with Gasteiger partial charge in [-0.3, -0.25) is 0 Å².